The van der Waals surface area contributed by atoms with Crippen LogP contribution in [0.2, 0.25) is 0 Å². The molecule has 0 unspecified atom stereocenters. The van der Waals surface area contributed by atoms with Gasteiger partial charge in [-0.25, -0.2) is 14.4 Å². The Bertz CT molecular complexity index is 1110. The lowest BCUT2D eigenvalue weighted by atomic mass is 9.97. The standard InChI is InChI=1S/C24H27FN4O2.CH3I/c1-16-7-10-21(31-15-17-8-9-17)22(26-16)24(30)29-12-3-2-5-19(29)13-18-14-28-11-4-6-20(25)23(28)27-18;1-2/h4,6-7,10-11,14,17,19H,2-3,5,8-9,12-13,15H2,1H3;1H3/t19-;/m0./s1. The third-order valence-corrected chi connectivity index (χ3v) is 6.19. The molecule has 0 radical (unpaired) electrons. The largest absolute Gasteiger partial charge is 0.491 e. The summed E-state index contributed by atoms with van der Waals surface area (Å²) in [6, 6.07) is 6.83. The van der Waals surface area contributed by atoms with Crippen LogP contribution in [-0.4, -0.2) is 49.3 Å². The van der Waals surface area contributed by atoms with Crippen molar-refractivity contribution in [1.82, 2.24) is 19.3 Å². The average molecular weight is 564 g/mol. The second kappa shape index (κ2) is 10.8. The number of halogens is 2. The number of hydrogen-bond donors (Lipinski definition) is 0. The zero-order valence-corrected chi connectivity index (χ0v) is 21.3. The lowest BCUT2D eigenvalue weighted by molar-refractivity contribution is 0.0601. The van der Waals surface area contributed by atoms with Crippen LogP contribution < -0.4 is 4.74 Å². The molecular formula is C25H30FIN4O2. The van der Waals surface area contributed by atoms with E-state index in [4.69, 9.17) is 4.74 Å². The van der Waals surface area contributed by atoms with Crippen molar-refractivity contribution in [3.05, 3.63) is 59.6 Å². The Balaban J connectivity index is 0.00000126. The van der Waals surface area contributed by atoms with Crippen molar-refractivity contribution in [3.8, 4) is 5.75 Å². The third kappa shape index (κ3) is 5.65. The molecule has 1 aliphatic heterocycles. The van der Waals surface area contributed by atoms with Crippen molar-refractivity contribution < 1.29 is 13.9 Å². The van der Waals surface area contributed by atoms with Gasteiger partial charge < -0.3 is 14.0 Å². The van der Waals surface area contributed by atoms with E-state index in [0.717, 1.165) is 30.7 Å². The number of likely N-dealkylation sites (tertiary alicyclic amines) is 1. The summed E-state index contributed by atoms with van der Waals surface area (Å²) in [6.45, 7) is 3.21. The van der Waals surface area contributed by atoms with Crippen LogP contribution in [-0.2, 0) is 6.42 Å². The molecule has 1 saturated heterocycles. The Morgan fingerprint density at radius 2 is 2.00 bits per heavy atom. The zero-order valence-electron chi connectivity index (χ0n) is 19.1. The first kappa shape index (κ1) is 23.9. The average Bonchev–Trinajstić information content (AvgIpc) is 3.57. The number of aryl methyl sites for hydroxylation is 1. The quantitative estimate of drug-likeness (QED) is 0.303. The minimum Gasteiger partial charge on any atom is -0.491 e. The number of carbonyl (C=O) groups excluding carboxylic acids is 1. The number of aromatic nitrogens is 3. The summed E-state index contributed by atoms with van der Waals surface area (Å²) >= 11 is 2.15. The molecule has 3 aromatic rings. The first-order valence-corrected chi connectivity index (χ1v) is 13.7. The predicted octanol–water partition coefficient (Wildman–Crippen LogP) is 5.25. The van der Waals surface area contributed by atoms with Crippen LogP contribution in [0.3, 0.4) is 0 Å². The van der Waals surface area contributed by atoms with E-state index in [9.17, 15) is 9.18 Å². The van der Waals surface area contributed by atoms with Crippen LogP contribution in [0.15, 0.2) is 36.7 Å². The highest BCUT2D eigenvalue weighted by molar-refractivity contribution is 14.1. The summed E-state index contributed by atoms with van der Waals surface area (Å²) in [4.78, 5) is 26.5. The van der Waals surface area contributed by atoms with Gasteiger partial charge >= 0.3 is 0 Å². The van der Waals surface area contributed by atoms with E-state index in [2.05, 4.69) is 32.6 Å². The summed E-state index contributed by atoms with van der Waals surface area (Å²) in [7, 11) is 0. The Labute approximate surface area is 207 Å². The van der Waals surface area contributed by atoms with Gasteiger partial charge in [0.15, 0.2) is 22.9 Å². The molecular weight excluding hydrogens is 534 g/mol. The van der Waals surface area contributed by atoms with Crippen LogP contribution in [0.1, 0.15) is 54.0 Å². The zero-order chi connectivity index (χ0) is 23.4. The van der Waals surface area contributed by atoms with Crippen molar-refractivity contribution in [1.29, 1.82) is 0 Å². The minimum atomic E-state index is -0.341. The van der Waals surface area contributed by atoms with Gasteiger partial charge in [-0.1, -0.05) is 22.6 Å². The number of carbonyl (C=O) groups is 1. The monoisotopic (exact) mass is 564 g/mol. The second-order valence-corrected chi connectivity index (χ2v) is 8.73. The van der Waals surface area contributed by atoms with E-state index in [1.54, 1.807) is 16.7 Å². The first-order valence-electron chi connectivity index (χ1n) is 11.5. The number of piperidine rings is 1. The van der Waals surface area contributed by atoms with Gasteiger partial charge in [0.1, 0.15) is 0 Å². The van der Waals surface area contributed by atoms with Crippen LogP contribution in [0.4, 0.5) is 4.39 Å². The molecule has 1 saturated carbocycles. The van der Waals surface area contributed by atoms with Crippen molar-refractivity contribution in [2.75, 3.05) is 18.1 Å². The number of pyridine rings is 2. The van der Waals surface area contributed by atoms with Gasteiger partial charge in [0.05, 0.1) is 12.3 Å². The fraction of sp³-hybridized carbons (Fsp3) is 0.480. The van der Waals surface area contributed by atoms with E-state index in [1.165, 1.54) is 18.9 Å². The van der Waals surface area contributed by atoms with E-state index in [0.29, 0.717) is 42.6 Å². The van der Waals surface area contributed by atoms with Gasteiger partial charge in [-0.2, -0.15) is 0 Å². The number of fused-ring (bicyclic) bond motifs is 1. The molecule has 1 atom stereocenters. The Morgan fingerprint density at radius 3 is 2.76 bits per heavy atom. The fourth-order valence-electron chi connectivity index (χ4n) is 4.29. The number of hydrogen-bond acceptors (Lipinski definition) is 4. The van der Waals surface area contributed by atoms with Gasteiger partial charge in [-0.3, -0.25) is 4.79 Å². The molecule has 4 heterocycles. The summed E-state index contributed by atoms with van der Waals surface area (Å²) in [5, 5.41) is 0. The molecule has 3 aromatic heterocycles. The van der Waals surface area contributed by atoms with Crippen molar-refractivity contribution in [3.63, 3.8) is 0 Å². The lowest BCUT2D eigenvalue weighted by Crippen LogP contribution is -2.45. The van der Waals surface area contributed by atoms with Crippen LogP contribution in [0, 0.1) is 18.7 Å². The van der Waals surface area contributed by atoms with Crippen molar-refractivity contribution >= 4 is 34.1 Å². The first-order chi connectivity index (χ1) is 16.1. The normalized spacial score (nSPS) is 18.1. The lowest BCUT2D eigenvalue weighted by Gasteiger charge is -2.35. The molecule has 1 aliphatic carbocycles. The maximum atomic E-state index is 14.1. The smallest absolute Gasteiger partial charge is 0.276 e. The number of alkyl halides is 1. The van der Waals surface area contributed by atoms with E-state index >= 15 is 0 Å². The Kier molecular flexibility index (Phi) is 7.82. The van der Waals surface area contributed by atoms with Gasteiger partial charge in [0.25, 0.3) is 5.91 Å². The summed E-state index contributed by atoms with van der Waals surface area (Å²) < 4.78 is 21.7. The molecule has 5 rings (SSSR count). The van der Waals surface area contributed by atoms with Crippen molar-refractivity contribution in [2.24, 2.45) is 5.92 Å². The molecule has 8 heteroatoms. The highest BCUT2D eigenvalue weighted by atomic mass is 127. The predicted molar refractivity (Wildman–Crippen MR) is 135 cm³/mol. The molecule has 0 aromatic carbocycles. The second-order valence-electron chi connectivity index (χ2n) is 8.73. The molecule has 2 aliphatic rings. The molecule has 0 spiro atoms. The van der Waals surface area contributed by atoms with E-state index < -0.39 is 0 Å². The number of amides is 1. The Hall–Kier alpha value is -2.23. The Morgan fingerprint density at radius 1 is 1.18 bits per heavy atom. The van der Waals surface area contributed by atoms with Gasteiger partial charge in [0, 0.05) is 37.1 Å². The summed E-state index contributed by atoms with van der Waals surface area (Å²) in [5.41, 5.74) is 2.31. The number of imidazole rings is 1. The van der Waals surface area contributed by atoms with Gasteiger partial charge in [-0.05, 0) is 74.1 Å². The topological polar surface area (TPSA) is 59.7 Å². The van der Waals surface area contributed by atoms with E-state index in [1.807, 2.05) is 35.1 Å². The molecule has 1 amide bonds. The molecule has 6 nitrogen and oxygen atoms in total. The van der Waals surface area contributed by atoms with Gasteiger partial charge in [-0.15, -0.1) is 0 Å². The SMILES string of the molecule is CI.Cc1ccc(OCC2CC2)c(C(=O)N2CCCC[C@H]2Cc2cn3cccc(F)c3n2)n1. The number of nitrogens with zero attached hydrogens (tertiary/aromatic N) is 4. The molecule has 33 heavy (non-hydrogen) atoms. The number of ether oxygens (including phenoxy) is 1. The molecule has 0 N–H and O–H groups in total. The highest BCUT2D eigenvalue weighted by Gasteiger charge is 2.31. The molecule has 176 valence electrons. The third-order valence-electron chi connectivity index (χ3n) is 6.19. The highest BCUT2D eigenvalue weighted by Crippen LogP contribution is 2.31. The van der Waals surface area contributed by atoms with Crippen LogP contribution in [0.5, 0.6) is 5.75 Å². The van der Waals surface area contributed by atoms with Crippen molar-refractivity contribution in [2.45, 2.75) is 51.5 Å². The maximum absolute atomic E-state index is 14.1. The van der Waals surface area contributed by atoms with Crippen LogP contribution in [0.25, 0.3) is 5.65 Å². The molecule has 0 bridgehead atoms. The van der Waals surface area contributed by atoms with E-state index in [-0.39, 0.29) is 17.8 Å². The molecule has 2 fully saturated rings. The number of rotatable bonds is 6. The summed E-state index contributed by atoms with van der Waals surface area (Å²) in [6.07, 6.45) is 9.54. The minimum absolute atomic E-state index is 0.00724. The summed E-state index contributed by atoms with van der Waals surface area (Å²) in [5.74, 6) is 0.741. The van der Waals surface area contributed by atoms with Gasteiger partial charge in [0.2, 0.25) is 0 Å². The van der Waals surface area contributed by atoms with Crippen LogP contribution >= 0.6 is 22.6 Å². The maximum Gasteiger partial charge on any atom is 0.276 e. The fourth-order valence-corrected chi connectivity index (χ4v) is 4.29.